The van der Waals surface area contributed by atoms with Gasteiger partial charge < -0.3 is 15.5 Å². The third kappa shape index (κ3) is 4.57. The standard InChI is InChI=1S/C20H15F3N6O3S/c1-32-15-8-29(12-4-2-3-11(6-12)20(21,22)23)28-16(15)18(31)27-19-26-14(9-33-19)10-5-13(17(24)30)25-7-10/h2-9,25H,1H3,(H2,24,30)(H,26,27,31). The molecule has 0 aliphatic rings. The molecule has 4 aromatic rings. The number of H-pyrrole nitrogens is 1. The van der Waals surface area contributed by atoms with Crippen LogP contribution < -0.4 is 15.8 Å². The molecule has 0 fully saturated rings. The maximum Gasteiger partial charge on any atom is 0.416 e. The molecule has 3 aromatic heterocycles. The number of halogens is 3. The fourth-order valence-corrected chi connectivity index (χ4v) is 3.64. The Balaban J connectivity index is 1.56. The molecule has 0 bridgehead atoms. The molecule has 3 heterocycles. The average Bonchev–Trinajstić information content (AvgIpc) is 3.51. The number of aromatic nitrogens is 4. The van der Waals surface area contributed by atoms with Crippen LogP contribution in [-0.2, 0) is 6.18 Å². The maximum absolute atomic E-state index is 13.0. The molecule has 2 amide bonds. The maximum atomic E-state index is 13.0. The topological polar surface area (TPSA) is 128 Å². The van der Waals surface area contributed by atoms with Gasteiger partial charge in [0.05, 0.1) is 30.3 Å². The van der Waals surface area contributed by atoms with Crippen LogP contribution in [-0.4, -0.2) is 38.7 Å². The number of aromatic amines is 1. The number of amides is 2. The molecule has 9 nitrogen and oxygen atoms in total. The number of anilines is 1. The van der Waals surface area contributed by atoms with Crippen molar-refractivity contribution in [3.8, 4) is 22.7 Å². The van der Waals surface area contributed by atoms with Gasteiger partial charge in [0.1, 0.15) is 5.69 Å². The van der Waals surface area contributed by atoms with Crippen LogP contribution in [0.2, 0.25) is 0 Å². The van der Waals surface area contributed by atoms with E-state index >= 15 is 0 Å². The van der Waals surface area contributed by atoms with E-state index in [0.29, 0.717) is 11.3 Å². The number of rotatable bonds is 6. The van der Waals surface area contributed by atoms with Crippen molar-refractivity contribution in [3.63, 3.8) is 0 Å². The number of ether oxygens (including phenoxy) is 1. The van der Waals surface area contributed by atoms with Crippen LogP contribution in [0.15, 0.2) is 48.1 Å². The Morgan fingerprint density at radius 1 is 1.27 bits per heavy atom. The molecule has 4 N–H and O–H groups in total. The predicted octanol–water partition coefficient (Wildman–Crippen LogP) is 3.70. The molecule has 0 aliphatic heterocycles. The van der Waals surface area contributed by atoms with E-state index in [1.165, 1.54) is 31.5 Å². The first-order chi connectivity index (χ1) is 15.7. The number of alkyl halides is 3. The summed E-state index contributed by atoms with van der Waals surface area (Å²) in [7, 11) is 1.31. The number of hydrogen-bond donors (Lipinski definition) is 3. The largest absolute Gasteiger partial charge is 0.493 e. The lowest BCUT2D eigenvalue weighted by Crippen LogP contribution is -2.14. The Kier molecular flexibility index (Phi) is 5.64. The van der Waals surface area contributed by atoms with Crippen molar-refractivity contribution in [2.75, 3.05) is 12.4 Å². The molecular weight excluding hydrogens is 461 g/mol. The van der Waals surface area contributed by atoms with Gasteiger partial charge in [-0.2, -0.15) is 18.3 Å². The number of carbonyl (C=O) groups excluding carboxylic acids is 2. The number of carbonyl (C=O) groups is 2. The molecule has 1 aromatic carbocycles. The minimum atomic E-state index is -4.52. The first-order valence-corrected chi connectivity index (χ1v) is 10.1. The van der Waals surface area contributed by atoms with E-state index < -0.39 is 23.6 Å². The van der Waals surface area contributed by atoms with Crippen LogP contribution in [0.4, 0.5) is 18.3 Å². The van der Waals surface area contributed by atoms with Crippen LogP contribution in [0, 0.1) is 0 Å². The van der Waals surface area contributed by atoms with Crippen molar-refractivity contribution >= 4 is 28.3 Å². The number of primary amides is 1. The second kappa shape index (κ2) is 8.43. The summed E-state index contributed by atoms with van der Waals surface area (Å²) in [6, 6.07) is 6.05. The van der Waals surface area contributed by atoms with Gasteiger partial charge >= 0.3 is 6.18 Å². The van der Waals surface area contributed by atoms with Gasteiger partial charge in [-0.15, -0.1) is 11.3 Å². The van der Waals surface area contributed by atoms with Crippen LogP contribution >= 0.6 is 11.3 Å². The number of hydrogen-bond acceptors (Lipinski definition) is 6. The quantitative estimate of drug-likeness (QED) is 0.391. The lowest BCUT2D eigenvalue weighted by molar-refractivity contribution is -0.137. The average molecular weight is 476 g/mol. The summed E-state index contributed by atoms with van der Waals surface area (Å²) < 4.78 is 45.4. The summed E-state index contributed by atoms with van der Waals surface area (Å²) in [5, 5.41) is 8.59. The molecule has 0 unspecified atom stereocenters. The highest BCUT2D eigenvalue weighted by molar-refractivity contribution is 7.14. The molecule has 0 radical (unpaired) electrons. The summed E-state index contributed by atoms with van der Waals surface area (Å²) in [5.41, 5.74) is 5.67. The first-order valence-electron chi connectivity index (χ1n) is 9.22. The summed E-state index contributed by atoms with van der Waals surface area (Å²) in [6.45, 7) is 0. The SMILES string of the molecule is COc1cn(-c2cccc(C(F)(F)F)c2)nc1C(=O)Nc1nc(-c2c[nH]c(C(N)=O)c2)cs1. The number of benzene rings is 1. The van der Waals surface area contributed by atoms with E-state index in [2.05, 4.69) is 20.4 Å². The molecule has 4 rings (SSSR count). The van der Waals surface area contributed by atoms with Crippen molar-refractivity contribution in [1.29, 1.82) is 0 Å². The summed E-state index contributed by atoms with van der Waals surface area (Å²) in [5.74, 6) is -1.21. The third-order valence-electron chi connectivity index (χ3n) is 4.52. The minimum absolute atomic E-state index is 0.0680. The second-order valence-electron chi connectivity index (χ2n) is 6.70. The fraction of sp³-hybridized carbons (Fsp3) is 0.100. The number of nitrogens with one attached hydrogen (secondary N) is 2. The Bertz CT molecular complexity index is 1340. The molecule has 0 saturated carbocycles. The number of thiazole rings is 1. The van der Waals surface area contributed by atoms with E-state index in [4.69, 9.17) is 10.5 Å². The van der Waals surface area contributed by atoms with Crippen LogP contribution in [0.3, 0.4) is 0 Å². The van der Waals surface area contributed by atoms with Crippen LogP contribution in [0.5, 0.6) is 5.75 Å². The zero-order valence-corrected chi connectivity index (χ0v) is 17.6. The van der Waals surface area contributed by atoms with Gasteiger partial charge in [0.15, 0.2) is 16.6 Å². The molecule has 33 heavy (non-hydrogen) atoms. The zero-order valence-electron chi connectivity index (χ0n) is 16.8. The van der Waals surface area contributed by atoms with Crippen molar-refractivity contribution in [3.05, 3.63) is 65.1 Å². The fourth-order valence-electron chi connectivity index (χ4n) is 2.93. The zero-order chi connectivity index (χ0) is 23.8. The molecule has 13 heteroatoms. The van der Waals surface area contributed by atoms with E-state index in [9.17, 15) is 22.8 Å². The minimum Gasteiger partial charge on any atom is -0.493 e. The van der Waals surface area contributed by atoms with Gasteiger partial charge in [0.2, 0.25) is 0 Å². The monoisotopic (exact) mass is 476 g/mol. The van der Waals surface area contributed by atoms with Gasteiger partial charge in [0, 0.05) is 17.1 Å². The normalized spacial score (nSPS) is 11.4. The third-order valence-corrected chi connectivity index (χ3v) is 5.28. The Labute approximate surface area is 188 Å². The smallest absolute Gasteiger partial charge is 0.416 e. The van der Waals surface area contributed by atoms with Gasteiger partial charge in [-0.1, -0.05) is 6.07 Å². The van der Waals surface area contributed by atoms with Crippen molar-refractivity contribution in [2.45, 2.75) is 6.18 Å². The van der Waals surface area contributed by atoms with E-state index in [1.54, 1.807) is 11.6 Å². The van der Waals surface area contributed by atoms with Gasteiger partial charge in [0.25, 0.3) is 11.8 Å². The van der Waals surface area contributed by atoms with Crippen molar-refractivity contribution < 1.29 is 27.5 Å². The molecule has 0 spiro atoms. The first kappa shape index (κ1) is 22.1. The Morgan fingerprint density at radius 3 is 2.73 bits per heavy atom. The number of nitrogens with zero attached hydrogens (tertiary/aromatic N) is 3. The number of nitrogens with two attached hydrogens (primary N) is 1. The highest BCUT2D eigenvalue weighted by Gasteiger charge is 2.31. The van der Waals surface area contributed by atoms with E-state index in [-0.39, 0.29) is 28.0 Å². The van der Waals surface area contributed by atoms with Crippen LogP contribution in [0.25, 0.3) is 16.9 Å². The summed E-state index contributed by atoms with van der Waals surface area (Å²) in [4.78, 5) is 31.0. The summed E-state index contributed by atoms with van der Waals surface area (Å²) in [6.07, 6.45) is -1.66. The Morgan fingerprint density at radius 2 is 2.06 bits per heavy atom. The molecule has 0 aliphatic carbocycles. The lowest BCUT2D eigenvalue weighted by Gasteiger charge is -2.08. The van der Waals surface area contributed by atoms with Gasteiger partial charge in [-0.3, -0.25) is 14.9 Å². The molecular formula is C20H15F3N6O3S. The van der Waals surface area contributed by atoms with E-state index in [0.717, 1.165) is 28.2 Å². The molecule has 170 valence electrons. The van der Waals surface area contributed by atoms with Gasteiger partial charge in [-0.05, 0) is 24.3 Å². The van der Waals surface area contributed by atoms with Crippen LogP contribution in [0.1, 0.15) is 26.5 Å². The van der Waals surface area contributed by atoms with Gasteiger partial charge in [-0.25, -0.2) is 9.67 Å². The second-order valence-corrected chi connectivity index (χ2v) is 7.56. The lowest BCUT2D eigenvalue weighted by atomic mass is 10.2. The van der Waals surface area contributed by atoms with E-state index in [1.807, 2.05) is 0 Å². The molecule has 0 saturated heterocycles. The predicted molar refractivity (Wildman–Crippen MR) is 113 cm³/mol. The Hall–Kier alpha value is -4.13. The van der Waals surface area contributed by atoms with Crippen molar-refractivity contribution in [2.24, 2.45) is 5.73 Å². The van der Waals surface area contributed by atoms with Crippen molar-refractivity contribution in [1.82, 2.24) is 19.7 Å². The number of methoxy groups -OCH3 is 1. The molecule has 0 atom stereocenters. The summed E-state index contributed by atoms with van der Waals surface area (Å²) >= 11 is 1.13. The highest BCUT2D eigenvalue weighted by Crippen LogP contribution is 2.31. The highest BCUT2D eigenvalue weighted by atomic mass is 32.1.